The lowest BCUT2D eigenvalue weighted by Crippen LogP contribution is -2.44. The summed E-state index contributed by atoms with van der Waals surface area (Å²) in [6.45, 7) is 7.44. The molecule has 1 heterocycles. The first-order valence-electron chi connectivity index (χ1n) is 10.3. The molecule has 0 unspecified atom stereocenters. The van der Waals surface area contributed by atoms with Crippen molar-refractivity contribution in [3.8, 4) is 0 Å². The van der Waals surface area contributed by atoms with Gasteiger partial charge in [0.2, 0.25) is 6.29 Å². The largest absolute Gasteiger partial charge is 0.461 e. The molecule has 1 aliphatic carbocycles. The number of carbonyl (C=O) groups is 2. The fraction of sp³-hybridized carbons (Fsp3) is 0.727. The van der Waals surface area contributed by atoms with Gasteiger partial charge in [0.25, 0.3) is 0 Å². The van der Waals surface area contributed by atoms with E-state index in [0.717, 1.165) is 5.57 Å². The van der Waals surface area contributed by atoms with Crippen LogP contribution in [0.25, 0.3) is 0 Å². The first kappa shape index (κ1) is 24.5. The molecule has 0 aromatic heterocycles. The molecule has 0 aromatic carbocycles. The quantitative estimate of drug-likeness (QED) is 0.420. The van der Waals surface area contributed by atoms with Gasteiger partial charge in [0, 0.05) is 32.6 Å². The van der Waals surface area contributed by atoms with Gasteiger partial charge in [0.15, 0.2) is 6.29 Å². The van der Waals surface area contributed by atoms with E-state index in [1.54, 1.807) is 13.2 Å². The smallest absolute Gasteiger partial charge is 0.308 e. The number of hydrogen-bond donors (Lipinski definition) is 1. The number of carbonyl (C=O) groups excluding carboxylic acids is 2. The molecule has 1 N–H and O–H groups in total. The molecule has 0 saturated heterocycles. The summed E-state index contributed by atoms with van der Waals surface area (Å²) in [5.41, 5.74) is 1.96. The number of aliphatic hydroxyl groups excluding tert-OH is 1. The third kappa shape index (κ3) is 5.91. The van der Waals surface area contributed by atoms with Gasteiger partial charge in [-0.25, -0.2) is 0 Å². The molecule has 8 heteroatoms. The normalized spacial score (nSPS) is 26.1. The highest BCUT2D eigenvalue weighted by Gasteiger charge is 2.47. The zero-order valence-corrected chi connectivity index (χ0v) is 18.7. The van der Waals surface area contributed by atoms with E-state index in [0.29, 0.717) is 17.6 Å². The zero-order valence-electron chi connectivity index (χ0n) is 18.7. The molecule has 0 aromatic rings. The van der Waals surface area contributed by atoms with Crippen LogP contribution in [-0.4, -0.2) is 63.2 Å². The lowest BCUT2D eigenvalue weighted by atomic mass is 9.88. The van der Waals surface area contributed by atoms with E-state index >= 15 is 0 Å². The number of aliphatic hydroxyl groups is 1. The van der Waals surface area contributed by atoms with Gasteiger partial charge in [0.1, 0.15) is 6.61 Å². The summed E-state index contributed by atoms with van der Waals surface area (Å²) >= 11 is 0. The second-order valence-corrected chi connectivity index (χ2v) is 8.43. The maximum atomic E-state index is 12.3. The van der Waals surface area contributed by atoms with Crippen molar-refractivity contribution in [2.45, 2.75) is 59.2 Å². The second kappa shape index (κ2) is 11.0. The highest BCUT2D eigenvalue weighted by molar-refractivity contribution is 5.70. The molecule has 0 amide bonds. The average molecular weight is 427 g/mol. The molecule has 2 aliphatic rings. The summed E-state index contributed by atoms with van der Waals surface area (Å²) in [6.07, 6.45) is 0.0150. The first-order chi connectivity index (χ1) is 14.2. The van der Waals surface area contributed by atoms with Crippen LogP contribution in [0.5, 0.6) is 0 Å². The van der Waals surface area contributed by atoms with Crippen molar-refractivity contribution in [1.82, 2.24) is 0 Å². The highest BCUT2D eigenvalue weighted by Crippen LogP contribution is 2.44. The van der Waals surface area contributed by atoms with Crippen LogP contribution < -0.4 is 0 Å². The van der Waals surface area contributed by atoms with Crippen molar-refractivity contribution in [2.75, 3.05) is 27.4 Å². The van der Waals surface area contributed by atoms with Crippen LogP contribution in [0, 0.1) is 17.8 Å². The van der Waals surface area contributed by atoms with E-state index in [4.69, 9.17) is 23.7 Å². The van der Waals surface area contributed by atoms with E-state index in [2.05, 4.69) is 0 Å². The standard InChI is InChI=1S/C22H34O8/c1-12(2)7-17(24)28-11-15-20-16(26-5)9-14(10-23)19(20)22(30-21(15)27-6)29-18(25)8-13(3)4/h9,12-13,16,19,21-23H,7-8,10-11H2,1-6H3/t16-,19-,21+,22-/m1/s1. The molecule has 0 fully saturated rings. The highest BCUT2D eigenvalue weighted by atomic mass is 16.8. The van der Waals surface area contributed by atoms with E-state index in [-0.39, 0.29) is 37.4 Å². The van der Waals surface area contributed by atoms with Gasteiger partial charge in [-0.1, -0.05) is 27.7 Å². The molecular formula is C22H34O8. The van der Waals surface area contributed by atoms with Gasteiger partial charge < -0.3 is 28.8 Å². The van der Waals surface area contributed by atoms with Crippen molar-refractivity contribution in [3.05, 3.63) is 22.8 Å². The molecule has 0 saturated carbocycles. The topological polar surface area (TPSA) is 101 Å². The molecular weight excluding hydrogens is 392 g/mol. The lowest BCUT2D eigenvalue weighted by molar-refractivity contribution is -0.242. The Bertz CT molecular complexity index is 679. The maximum absolute atomic E-state index is 12.3. The molecule has 0 bridgehead atoms. The molecule has 1 aliphatic heterocycles. The van der Waals surface area contributed by atoms with Gasteiger partial charge in [-0.15, -0.1) is 0 Å². The van der Waals surface area contributed by atoms with Crippen molar-refractivity contribution in [3.63, 3.8) is 0 Å². The first-order valence-corrected chi connectivity index (χ1v) is 10.3. The Morgan fingerprint density at radius 2 is 1.70 bits per heavy atom. The monoisotopic (exact) mass is 426 g/mol. The van der Waals surface area contributed by atoms with Crippen LogP contribution in [0.1, 0.15) is 40.5 Å². The van der Waals surface area contributed by atoms with Gasteiger partial charge in [-0.05, 0) is 29.1 Å². The molecule has 2 rings (SSSR count). The van der Waals surface area contributed by atoms with Gasteiger partial charge in [0.05, 0.1) is 18.6 Å². The second-order valence-electron chi connectivity index (χ2n) is 8.43. The van der Waals surface area contributed by atoms with Crippen molar-refractivity contribution in [2.24, 2.45) is 17.8 Å². The van der Waals surface area contributed by atoms with Crippen LogP contribution >= 0.6 is 0 Å². The van der Waals surface area contributed by atoms with Crippen LogP contribution in [0.4, 0.5) is 0 Å². The minimum atomic E-state index is -0.968. The summed E-state index contributed by atoms with van der Waals surface area (Å²) in [7, 11) is 3.01. The fourth-order valence-electron chi connectivity index (χ4n) is 3.74. The minimum absolute atomic E-state index is 0.0328. The third-order valence-electron chi connectivity index (χ3n) is 5.03. The number of fused-ring (bicyclic) bond motifs is 1. The van der Waals surface area contributed by atoms with Gasteiger partial charge >= 0.3 is 11.9 Å². The number of ether oxygens (including phenoxy) is 5. The van der Waals surface area contributed by atoms with E-state index in [1.807, 2.05) is 27.7 Å². The van der Waals surface area contributed by atoms with Gasteiger partial charge in [-0.3, -0.25) is 9.59 Å². The van der Waals surface area contributed by atoms with Crippen LogP contribution in [-0.2, 0) is 33.3 Å². The summed E-state index contributed by atoms with van der Waals surface area (Å²) in [5, 5.41) is 9.88. The Morgan fingerprint density at radius 1 is 1.07 bits per heavy atom. The van der Waals surface area contributed by atoms with E-state index < -0.39 is 30.6 Å². The van der Waals surface area contributed by atoms with Crippen molar-refractivity contribution < 1.29 is 38.4 Å². The summed E-state index contributed by atoms with van der Waals surface area (Å²) in [5.74, 6) is -0.935. The summed E-state index contributed by atoms with van der Waals surface area (Å²) in [4.78, 5) is 24.4. The van der Waals surface area contributed by atoms with Crippen LogP contribution in [0.15, 0.2) is 22.8 Å². The van der Waals surface area contributed by atoms with E-state index in [9.17, 15) is 14.7 Å². The molecule has 8 nitrogen and oxygen atoms in total. The molecule has 170 valence electrons. The van der Waals surface area contributed by atoms with Crippen LogP contribution in [0.3, 0.4) is 0 Å². The van der Waals surface area contributed by atoms with E-state index in [1.165, 1.54) is 7.11 Å². The summed E-state index contributed by atoms with van der Waals surface area (Å²) < 4.78 is 28.1. The number of methoxy groups -OCH3 is 2. The Labute approximate surface area is 178 Å². The number of hydrogen-bond acceptors (Lipinski definition) is 8. The zero-order chi connectivity index (χ0) is 22.4. The Kier molecular flexibility index (Phi) is 9.03. The Morgan fingerprint density at radius 3 is 2.23 bits per heavy atom. The predicted octanol–water partition coefficient (Wildman–Crippen LogP) is 2.35. The molecule has 0 radical (unpaired) electrons. The number of esters is 2. The fourth-order valence-corrected chi connectivity index (χ4v) is 3.74. The average Bonchev–Trinajstić information content (AvgIpc) is 3.04. The van der Waals surface area contributed by atoms with Crippen molar-refractivity contribution in [1.29, 1.82) is 0 Å². The number of rotatable bonds is 10. The van der Waals surface area contributed by atoms with Crippen molar-refractivity contribution >= 4 is 11.9 Å². The maximum Gasteiger partial charge on any atom is 0.308 e. The predicted molar refractivity (Wildman–Crippen MR) is 108 cm³/mol. The Hall–Kier alpha value is -1.74. The minimum Gasteiger partial charge on any atom is -0.461 e. The summed E-state index contributed by atoms with van der Waals surface area (Å²) in [6, 6.07) is 0. The third-order valence-corrected chi connectivity index (χ3v) is 5.03. The van der Waals surface area contributed by atoms with Crippen LogP contribution in [0.2, 0.25) is 0 Å². The SMILES string of the molecule is CO[C@H]1O[C@@H](OC(=O)CC(C)C)[C@@H]2C(CO)=C[C@@H](OC)C2=C1COC(=O)CC(C)C. The lowest BCUT2D eigenvalue weighted by Gasteiger charge is -2.38. The Balaban J connectivity index is 2.34. The van der Waals surface area contributed by atoms with Gasteiger partial charge in [-0.2, -0.15) is 0 Å². The molecule has 30 heavy (non-hydrogen) atoms. The molecule has 0 spiro atoms. The molecule has 4 atom stereocenters.